The molecule has 0 fully saturated rings. The first-order chi connectivity index (χ1) is 6.07. The van der Waals surface area contributed by atoms with Crippen LogP contribution in [0, 0.1) is 0 Å². The van der Waals surface area contributed by atoms with Crippen LogP contribution >= 0.6 is 0 Å². The largest absolute Gasteiger partial charge is 0.464 e. The van der Waals surface area contributed by atoms with Crippen molar-refractivity contribution >= 4 is 0 Å². The summed E-state index contributed by atoms with van der Waals surface area (Å²) in [6.07, 6.45) is 1.03. The van der Waals surface area contributed by atoms with Gasteiger partial charge < -0.3 is 4.74 Å². The number of hydrogen-bond donors (Lipinski definition) is 0. The molecular weight excluding hydrogens is 166 g/mol. The normalized spacial score (nSPS) is 16.5. The van der Waals surface area contributed by atoms with E-state index in [1.807, 2.05) is 4.68 Å². The molecule has 1 aliphatic heterocycles. The summed E-state index contributed by atoms with van der Waals surface area (Å²) in [6.45, 7) is 8.01. The summed E-state index contributed by atoms with van der Waals surface area (Å²) in [5, 5.41) is 4.40. The zero-order chi connectivity index (χ0) is 9.47. The zero-order valence-electron chi connectivity index (χ0n) is 8.37. The molecule has 0 atom stereocenters. The average molecular weight is 181 g/mol. The molecule has 0 bridgehead atoms. The van der Waals surface area contributed by atoms with Gasteiger partial charge in [0.05, 0.1) is 6.61 Å². The van der Waals surface area contributed by atoms with Crippen molar-refractivity contribution in [3.8, 4) is 6.01 Å². The molecule has 1 aromatic heterocycles. The minimum Gasteiger partial charge on any atom is -0.464 e. The lowest BCUT2D eigenvalue weighted by Gasteiger charge is -2.12. The van der Waals surface area contributed by atoms with Gasteiger partial charge in [0.15, 0.2) is 5.82 Å². The van der Waals surface area contributed by atoms with E-state index in [4.69, 9.17) is 4.74 Å². The molecule has 1 aliphatic rings. The van der Waals surface area contributed by atoms with Crippen LogP contribution in [0.2, 0.25) is 0 Å². The van der Waals surface area contributed by atoms with E-state index >= 15 is 0 Å². The van der Waals surface area contributed by atoms with Crippen LogP contribution in [0.25, 0.3) is 0 Å². The molecule has 0 radical (unpaired) electrons. The van der Waals surface area contributed by atoms with Crippen molar-refractivity contribution in [3.63, 3.8) is 0 Å². The van der Waals surface area contributed by atoms with Gasteiger partial charge in [-0.2, -0.15) is 10.1 Å². The van der Waals surface area contributed by atoms with Crippen LogP contribution in [0.15, 0.2) is 0 Å². The van der Waals surface area contributed by atoms with E-state index in [9.17, 15) is 0 Å². The topological polar surface area (TPSA) is 39.9 Å². The fourth-order valence-electron chi connectivity index (χ4n) is 1.28. The Morgan fingerprint density at radius 2 is 2.15 bits per heavy atom. The standard InChI is InChI=1S/C9H15N3O/c1-9(2,3)7-10-8-12(11-7)5-4-6-13-8/h4-6H2,1-3H3. The van der Waals surface area contributed by atoms with E-state index in [1.54, 1.807) is 0 Å². The van der Waals surface area contributed by atoms with Crippen LogP contribution < -0.4 is 4.74 Å². The lowest BCUT2D eigenvalue weighted by atomic mass is 9.96. The quantitative estimate of drug-likeness (QED) is 0.606. The fourth-order valence-corrected chi connectivity index (χ4v) is 1.28. The monoisotopic (exact) mass is 181 g/mol. The molecule has 0 saturated heterocycles. The van der Waals surface area contributed by atoms with Crippen LogP contribution in [0.4, 0.5) is 0 Å². The molecular formula is C9H15N3O. The predicted octanol–water partition coefficient (Wildman–Crippen LogP) is 1.36. The van der Waals surface area contributed by atoms with Crippen molar-refractivity contribution in [1.29, 1.82) is 0 Å². The van der Waals surface area contributed by atoms with Gasteiger partial charge in [0.2, 0.25) is 0 Å². The molecule has 0 saturated carbocycles. The second-order valence-electron chi connectivity index (χ2n) is 4.39. The highest BCUT2D eigenvalue weighted by Crippen LogP contribution is 2.22. The lowest BCUT2D eigenvalue weighted by Crippen LogP contribution is -2.16. The van der Waals surface area contributed by atoms with Crippen molar-refractivity contribution in [3.05, 3.63) is 5.82 Å². The van der Waals surface area contributed by atoms with Crippen molar-refractivity contribution in [2.24, 2.45) is 0 Å². The summed E-state index contributed by atoms with van der Waals surface area (Å²) in [4.78, 5) is 4.35. The molecule has 0 N–H and O–H groups in total. The van der Waals surface area contributed by atoms with E-state index in [-0.39, 0.29) is 5.41 Å². The summed E-state index contributed by atoms with van der Waals surface area (Å²) < 4.78 is 7.24. The average Bonchev–Trinajstić information content (AvgIpc) is 2.45. The maximum atomic E-state index is 5.39. The first-order valence-electron chi connectivity index (χ1n) is 4.65. The van der Waals surface area contributed by atoms with E-state index in [0.717, 1.165) is 25.4 Å². The summed E-state index contributed by atoms with van der Waals surface area (Å²) in [5.74, 6) is 0.865. The molecule has 72 valence electrons. The summed E-state index contributed by atoms with van der Waals surface area (Å²) in [5.41, 5.74) is 0.00764. The summed E-state index contributed by atoms with van der Waals surface area (Å²) >= 11 is 0. The van der Waals surface area contributed by atoms with Crippen LogP contribution in [0.3, 0.4) is 0 Å². The third-order valence-corrected chi connectivity index (χ3v) is 2.05. The Balaban J connectivity index is 2.36. The smallest absolute Gasteiger partial charge is 0.315 e. The number of aromatic nitrogens is 3. The Labute approximate surface area is 77.9 Å². The highest BCUT2D eigenvalue weighted by molar-refractivity contribution is 5.07. The molecule has 1 aromatic rings. The second-order valence-corrected chi connectivity index (χ2v) is 4.39. The third-order valence-electron chi connectivity index (χ3n) is 2.05. The molecule has 13 heavy (non-hydrogen) atoms. The summed E-state index contributed by atoms with van der Waals surface area (Å²) in [6, 6.07) is 0.677. The van der Waals surface area contributed by atoms with Gasteiger partial charge in [-0.3, -0.25) is 0 Å². The highest BCUT2D eigenvalue weighted by atomic mass is 16.5. The Bertz CT molecular complexity index is 288. The van der Waals surface area contributed by atoms with Gasteiger partial charge in [-0.1, -0.05) is 20.8 Å². The van der Waals surface area contributed by atoms with E-state index in [0.29, 0.717) is 6.01 Å². The van der Waals surface area contributed by atoms with Gasteiger partial charge >= 0.3 is 6.01 Å². The van der Waals surface area contributed by atoms with E-state index in [2.05, 4.69) is 30.9 Å². The van der Waals surface area contributed by atoms with Crippen LogP contribution in [0.1, 0.15) is 33.0 Å². The Kier molecular flexibility index (Phi) is 1.78. The SMILES string of the molecule is CC(C)(C)c1nc2n(n1)CCCO2. The van der Waals surface area contributed by atoms with Crippen LogP contribution in [-0.4, -0.2) is 21.4 Å². The van der Waals surface area contributed by atoms with E-state index in [1.165, 1.54) is 0 Å². The minimum absolute atomic E-state index is 0.00764. The fraction of sp³-hybridized carbons (Fsp3) is 0.778. The van der Waals surface area contributed by atoms with Gasteiger partial charge in [-0.25, -0.2) is 4.68 Å². The van der Waals surface area contributed by atoms with Crippen LogP contribution in [-0.2, 0) is 12.0 Å². The number of fused-ring (bicyclic) bond motifs is 1. The Hall–Kier alpha value is -1.06. The second kappa shape index (κ2) is 2.72. The molecule has 0 unspecified atom stereocenters. The van der Waals surface area contributed by atoms with Crippen molar-refractivity contribution in [2.75, 3.05) is 6.61 Å². The number of hydrogen-bond acceptors (Lipinski definition) is 3. The highest BCUT2D eigenvalue weighted by Gasteiger charge is 2.23. The van der Waals surface area contributed by atoms with Gasteiger partial charge in [0, 0.05) is 18.4 Å². The number of aryl methyl sites for hydroxylation is 1. The van der Waals surface area contributed by atoms with Gasteiger partial charge in [-0.05, 0) is 0 Å². The first-order valence-corrected chi connectivity index (χ1v) is 4.65. The summed E-state index contributed by atoms with van der Waals surface area (Å²) in [7, 11) is 0. The molecule has 0 aliphatic carbocycles. The maximum Gasteiger partial charge on any atom is 0.315 e. The number of nitrogens with zero attached hydrogens (tertiary/aromatic N) is 3. The number of rotatable bonds is 0. The zero-order valence-corrected chi connectivity index (χ0v) is 8.37. The molecule has 0 aromatic carbocycles. The van der Waals surface area contributed by atoms with Gasteiger partial charge in [0.25, 0.3) is 0 Å². The van der Waals surface area contributed by atoms with Crippen LogP contribution in [0.5, 0.6) is 6.01 Å². The molecule has 0 spiro atoms. The molecule has 4 heteroatoms. The minimum atomic E-state index is 0.00764. The Morgan fingerprint density at radius 1 is 1.38 bits per heavy atom. The molecule has 0 amide bonds. The Morgan fingerprint density at radius 3 is 2.77 bits per heavy atom. The maximum absolute atomic E-state index is 5.39. The molecule has 4 nitrogen and oxygen atoms in total. The number of ether oxygens (including phenoxy) is 1. The van der Waals surface area contributed by atoms with Crippen molar-refractivity contribution in [2.45, 2.75) is 39.2 Å². The van der Waals surface area contributed by atoms with Crippen molar-refractivity contribution < 1.29 is 4.74 Å². The van der Waals surface area contributed by atoms with Crippen molar-refractivity contribution in [1.82, 2.24) is 14.8 Å². The van der Waals surface area contributed by atoms with Gasteiger partial charge in [0.1, 0.15) is 0 Å². The molecule has 2 heterocycles. The van der Waals surface area contributed by atoms with E-state index < -0.39 is 0 Å². The third kappa shape index (κ3) is 1.53. The molecule has 2 rings (SSSR count). The lowest BCUT2D eigenvalue weighted by molar-refractivity contribution is 0.221. The predicted molar refractivity (Wildman–Crippen MR) is 48.8 cm³/mol. The first kappa shape index (κ1) is 8.53. The van der Waals surface area contributed by atoms with Gasteiger partial charge in [-0.15, -0.1) is 0 Å².